The van der Waals surface area contributed by atoms with E-state index in [4.69, 9.17) is 100 Å². The summed E-state index contributed by atoms with van der Waals surface area (Å²) in [5.74, 6) is 0. The van der Waals surface area contributed by atoms with Gasteiger partial charge in [-0.15, -0.1) is 0 Å². The zero-order valence-corrected chi connectivity index (χ0v) is 38.2. The Morgan fingerprint density at radius 1 is 0.206 bits per heavy atom. The third kappa shape index (κ3) is 59.1. The highest BCUT2D eigenvalue weighted by Gasteiger charge is 2.03. The maximum atomic E-state index is 8.60. The van der Waals surface area contributed by atoms with Crippen LogP contribution in [0.25, 0.3) is 0 Å². The molecule has 0 aliphatic carbocycles. The molecule has 0 aromatic heterocycles. The lowest BCUT2D eigenvalue weighted by Crippen LogP contribution is -2.18. The van der Waals surface area contributed by atoms with E-state index in [9.17, 15) is 0 Å². The summed E-state index contributed by atoms with van der Waals surface area (Å²) in [5, 5.41) is 17.2. The van der Waals surface area contributed by atoms with E-state index in [1.54, 1.807) is 0 Å². The van der Waals surface area contributed by atoms with E-state index in [-0.39, 0.29) is 19.3 Å². The molecule has 0 heterocycles. The van der Waals surface area contributed by atoms with Crippen molar-refractivity contribution in [1.82, 2.24) is 0 Å². The van der Waals surface area contributed by atoms with Gasteiger partial charge in [0, 0.05) is 6.61 Å². The quantitative estimate of drug-likeness (QED) is 0.0761. The van der Waals surface area contributed by atoms with Crippen LogP contribution in [0.5, 0.6) is 0 Å². The largest absolute Gasteiger partial charge is 0.394 e. The minimum Gasteiger partial charge on any atom is -0.394 e. The monoisotopic (exact) mass is 926 g/mol. The predicted octanol–water partition coefficient (Wildman–Crippen LogP) is -0.121. The molecule has 0 aliphatic rings. The first-order chi connectivity index (χ1) is 31.3. The zero-order valence-electron chi connectivity index (χ0n) is 38.2. The van der Waals surface area contributed by atoms with Crippen LogP contribution in [-0.4, -0.2) is 274 Å². The molecule has 2 N–H and O–H groups in total. The van der Waals surface area contributed by atoms with Gasteiger partial charge in [-0.25, -0.2) is 0 Å². The van der Waals surface area contributed by atoms with E-state index in [0.29, 0.717) is 251 Å². The van der Waals surface area contributed by atoms with Gasteiger partial charge in [-0.1, -0.05) is 0 Å². The van der Waals surface area contributed by atoms with Gasteiger partial charge in [0.1, 0.15) is 0 Å². The Kier molecular flexibility index (Phi) is 58.4. The summed E-state index contributed by atoms with van der Waals surface area (Å²) in [4.78, 5) is 0. The van der Waals surface area contributed by atoms with Crippen molar-refractivity contribution in [1.29, 1.82) is 0 Å². The van der Waals surface area contributed by atoms with E-state index < -0.39 is 0 Å². The minimum atomic E-state index is -0.176. The summed E-state index contributed by atoms with van der Waals surface area (Å²) in [6.45, 7) is 21.8. The zero-order chi connectivity index (χ0) is 45.3. The summed E-state index contributed by atoms with van der Waals surface area (Å²) >= 11 is 0. The standard InChI is InChI=1S/C42H85O21/c1-42(2-5-45-8-11-48-14-17-51-20-23-54-26-27-55-24-21-52-18-15-49-12-9-46-6-3-43)63-41-40-62-39-38-61-37-36-60-35-34-59-33-32-58-31-30-57-29-28-56-25-22-53-19-16-50-13-10-47-7-4-44/h42-44H,1-41H2. The Labute approximate surface area is 376 Å². The van der Waals surface area contributed by atoms with Crippen LogP contribution in [0, 0.1) is 6.92 Å². The molecule has 0 amide bonds. The number of rotatable bonds is 59. The van der Waals surface area contributed by atoms with E-state index in [0.717, 1.165) is 0 Å². The fourth-order valence-electron chi connectivity index (χ4n) is 4.42. The van der Waals surface area contributed by atoms with Crippen LogP contribution in [0.4, 0.5) is 0 Å². The molecule has 0 bridgehead atoms. The summed E-state index contributed by atoms with van der Waals surface area (Å²) < 4.78 is 103. The lowest BCUT2D eigenvalue weighted by atomic mass is 10.3. The number of aliphatic hydroxyl groups excluding tert-OH is 2. The highest BCUT2D eigenvalue weighted by molar-refractivity contribution is 4.59. The van der Waals surface area contributed by atoms with Crippen molar-refractivity contribution in [2.24, 2.45) is 0 Å². The van der Waals surface area contributed by atoms with Crippen LogP contribution in [-0.2, 0) is 90.0 Å². The number of aliphatic hydroxyl groups is 2. The van der Waals surface area contributed by atoms with Gasteiger partial charge in [0.05, 0.1) is 257 Å². The summed E-state index contributed by atoms with van der Waals surface area (Å²) in [5.41, 5.74) is 0. The van der Waals surface area contributed by atoms with E-state index in [2.05, 4.69) is 6.92 Å². The Morgan fingerprint density at radius 2 is 0.349 bits per heavy atom. The Balaban J connectivity index is 3.14. The van der Waals surface area contributed by atoms with Crippen molar-refractivity contribution in [2.45, 2.75) is 12.5 Å². The van der Waals surface area contributed by atoms with Crippen molar-refractivity contribution >= 4 is 0 Å². The smallest absolute Gasteiger partial charge is 0.0704 e. The molecule has 21 heteroatoms. The number of ether oxygens (including phenoxy) is 19. The van der Waals surface area contributed by atoms with E-state index in [1.165, 1.54) is 0 Å². The highest BCUT2D eigenvalue weighted by atomic mass is 16.6. The van der Waals surface area contributed by atoms with Crippen LogP contribution in [0.3, 0.4) is 0 Å². The normalized spacial score (nSPS) is 12.2. The van der Waals surface area contributed by atoms with Crippen molar-refractivity contribution < 1.29 is 100 Å². The summed E-state index contributed by atoms with van der Waals surface area (Å²) in [7, 11) is 0. The average molecular weight is 926 g/mol. The molecule has 379 valence electrons. The molecule has 0 aliphatic heterocycles. The van der Waals surface area contributed by atoms with Gasteiger partial charge in [0.15, 0.2) is 0 Å². The Bertz CT molecular complexity index is 796. The molecule has 21 nitrogen and oxygen atoms in total. The van der Waals surface area contributed by atoms with Gasteiger partial charge in [0.25, 0.3) is 0 Å². The molecule has 0 aromatic carbocycles. The maximum absolute atomic E-state index is 8.60. The molecule has 1 radical (unpaired) electrons. The molecule has 0 saturated heterocycles. The lowest BCUT2D eigenvalue weighted by Gasteiger charge is -2.13. The molecular weight excluding hydrogens is 840 g/mol. The summed E-state index contributed by atoms with van der Waals surface area (Å²) in [6.07, 6.45) is 0.503. The first-order valence-electron chi connectivity index (χ1n) is 22.4. The van der Waals surface area contributed by atoms with E-state index >= 15 is 0 Å². The lowest BCUT2D eigenvalue weighted by molar-refractivity contribution is -0.0311. The molecule has 63 heavy (non-hydrogen) atoms. The van der Waals surface area contributed by atoms with Gasteiger partial charge < -0.3 is 100 Å². The van der Waals surface area contributed by atoms with E-state index in [1.807, 2.05) is 0 Å². The van der Waals surface area contributed by atoms with Gasteiger partial charge in [-0.3, -0.25) is 0 Å². The molecule has 1 unspecified atom stereocenters. The molecule has 0 saturated carbocycles. The first-order valence-corrected chi connectivity index (χ1v) is 22.4. The fraction of sp³-hybridized carbons (Fsp3) is 0.976. The van der Waals surface area contributed by atoms with Crippen molar-refractivity contribution in [3.63, 3.8) is 0 Å². The second-order valence-corrected chi connectivity index (χ2v) is 12.8. The third-order valence-corrected chi connectivity index (χ3v) is 7.59. The first kappa shape index (κ1) is 62.2. The Hall–Kier alpha value is -0.840. The molecule has 1 atom stereocenters. The fourth-order valence-corrected chi connectivity index (χ4v) is 4.42. The Morgan fingerprint density at radius 3 is 0.524 bits per heavy atom. The van der Waals surface area contributed by atoms with Crippen LogP contribution in [0.1, 0.15) is 6.42 Å². The third-order valence-electron chi connectivity index (χ3n) is 7.59. The second kappa shape index (κ2) is 59.2. The molecular formula is C42H85O21. The maximum Gasteiger partial charge on any atom is 0.0704 e. The van der Waals surface area contributed by atoms with Crippen molar-refractivity contribution in [3.05, 3.63) is 6.92 Å². The van der Waals surface area contributed by atoms with Crippen molar-refractivity contribution in [3.8, 4) is 0 Å². The molecule has 0 fully saturated rings. The second-order valence-electron chi connectivity index (χ2n) is 12.8. The number of hydrogen-bond donors (Lipinski definition) is 2. The molecule has 0 spiro atoms. The van der Waals surface area contributed by atoms with Gasteiger partial charge >= 0.3 is 0 Å². The minimum absolute atomic E-state index is 0.0188. The van der Waals surface area contributed by atoms with Gasteiger partial charge in [-0.2, -0.15) is 0 Å². The van der Waals surface area contributed by atoms with Crippen molar-refractivity contribution in [2.75, 3.05) is 258 Å². The molecule has 0 aromatic rings. The topological polar surface area (TPSA) is 216 Å². The van der Waals surface area contributed by atoms with Crippen LogP contribution in [0.15, 0.2) is 0 Å². The summed E-state index contributed by atoms with van der Waals surface area (Å²) in [6, 6.07) is 0. The van der Waals surface area contributed by atoms with Gasteiger partial charge in [0.2, 0.25) is 0 Å². The van der Waals surface area contributed by atoms with Crippen LogP contribution >= 0.6 is 0 Å². The van der Waals surface area contributed by atoms with Gasteiger partial charge in [-0.05, 0) is 13.3 Å². The van der Waals surface area contributed by atoms with Crippen LogP contribution in [0.2, 0.25) is 0 Å². The number of hydrogen-bond acceptors (Lipinski definition) is 21. The van der Waals surface area contributed by atoms with Crippen LogP contribution < -0.4 is 0 Å². The average Bonchev–Trinajstić information content (AvgIpc) is 3.29. The molecule has 0 rings (SSSR count). The SMILES string of the molecule is [CH2]C(CCOCCOCCOCCOCCOCCOCCOCCOCCO)OCCOCCOCCOCCOCCOCCOCCOCCOCCOCCOCCO. The predicted molar refractivity (Wildman–Crippen MR) is 229 cm³/mol. The highest BCUT2D eigenvalue weighted by Crippen LogP contribution is 1.98.